The van der Waals surface area contributed by atoms with Gasteiger partial charge in [0, 0.05) is 16.1 Å². The first-order chi connectivity index (χ1) is 8.58. The van der Waals surface area contributed by atoms with Crippen molar-refractivity contribution in [3.05, 3.63) is 40.9 Å². The van der Waals surface area contributed by atoms with Crippen LogP contribution in [0, 0.1) is 0 Å². The number of nitrogens with one attached hydrogen (secondary N) is 1. The second kappa shape index (κ2) is 7.59. The summed E-state index contributed by atoms with van der Waals surface area (Å²) in [6, 6.07) is 6.39. The van der Waals surface area contributed by atoms with Gasteiger partial charge in [0.1, 0.15) is 11.9 Å². The first-order valence-electron chi connectivity index (χ1n) is 6.40. The fourth-order valence-corrected chi connectivity index (χ4v) is 2.06. The van der Waals surface area contributed by atoms with Crippen molar-refractivity contribution >= 4 is 15.9 Å². The Hall–Kier alpha value is -0.800. The van der Waals surface area contributed by atoms with E-state index in [1.807, 2.05) is 19.1 Å². The second-order valence-electron chi connectivity index (χ2n) is 4.42. The van der Waals surface area contributed by atoms with Crippen LogP contribution < -0.4 is 10.1 Å². The molecule has 0 amide bonds. The monoisotopic (exact) mass is 311 g/mol. The van der Waals surface area contributed by atoms with Crippen LogP contribution in [0.2, 0.25) is 0 Å². The quantitative estimate of drug-likeness (QED) is 0.750. The Labute approximate surface area is 119 Å². The summed E-state index contributed by atoms with van der Waals surface area (Å²) in [6.07, 6.45) is 2.94. The minimum absolute atomic E-state index is 0.0169. The molecule has 2 atom stereocenters. The Morgan fingerprint density at radius 1 is 1.44 bits per heavy atom. The fraction of sp³-hybridized carbons (Fsp3) is 0.467. The molecule has 0 aliphatic carbocycles. The Morgan fingerprint density at radius 3 is 2.78 bits per heavy atom. The van der Waals surface area contributed by atoms with E-state index in [2.05, 4.69) is 47.7 Å². The van der Waals surface area contributed by atoms with Gasteiger partial charge in [-0.1, -0.05) is 35.5 Å². The first-order valence-corrected chi connectivity index (χ1v) is 7.19. The lowest BCUT2D eigenvalue weighted by molar-refractivity contribution is 0.265. The molecule has 0 aromatic heterocycles. The van der Waals surface area contributed by atoms with Gasteiger partial charge in [0.05, 0.1) is 0 Å². The molecule has 0 saturated carbocycles. The third kappa shape index (κ3) is 4.46. The molecular weight excluding hydrogens is 290 g/mol. The highest BCUT2D eigenvalue weighted by atomic mass is 79.9. The number of rotatable bonds is 7. The maximum Gasteiger partial charge on any atom is 0.125 e. The van der Waals surface area contributed by atoms with Crippen molar-refractivity contribution in [1.29, 1.82) is 0 Å². The van der Waals surface area contributed by atoms with Crippen molar-refractivity contribution < 1.29 is 4.74 Å². The van der Waals surface area contributed by atoms with E-state index in [4.69, 9.17) is 4.74 Å². The standard InChI is InChI=1S/C15H22BrNO/c1-5-9-17-12(4)14-10-13(16)7-8-15(14)18-11(3)6-2/h6-8,10-12,17H,2,5,9H2,1,3-4H3. The van der Waals surface area contributed by atoms with Gasteiger partial charge in [-0.3, -0.25) is 0 Å². The van der Waals surface area contributed by atoms with E-state index in [1.165, 1.54) is 5.56 Å². The van der Waals surface area contributed by atoms with Crippen LogP contribution in [0.25, 0.3) is 0 Å². The van der Waals surface area contributed by atoms with Crippen molar-refractivity contribution in [2.24, 2.45) is 0 Å². The van der Waals surface area contributed by atoms with E-state index in [1.54, 1.807) is 6.08 Å². The van der Waals surface area contributed by atoms with E-state index < -0.39 is 0 Å². The first kappa shape index (κ1) is 15.3. The lowest BCUT2D eigenvalue weighted by Crippen LogP contribution is -2.20. The highest BCUT2D eigenvalue weighted by molar-refractivity contribution is 9.10. The van der Waals surface area contributed by atoms with E-state index in [-0.39, 0.29) is 12.1 Å². The average Bonchev–Trinajstić information content (AvgIpc) is 2.37. The van der Waals surface area contributed by atoms with Gasteiger partial charge in [0.25, 0.3) is 0 Å². The lowest BCUT2D eigenvalue weighted by atomic mass is 10.1. The zero-order chi connectivity index (χ0) is 13.5. The molecule has 18 heavy (non-hydrogen) atoms. The topological polar surface area (TPSA) is 21.3 Å². The highest BCUT2D eigenvalue weighted by Gasteiger charge is 2.13. The zero-order valence-electron chi connectivity index (χ0n) is 11.4. The normalized spacial score (nSPS) is 14.0. The largest absolute Gasteiger partial charge is 0.486 e. The van der Waals surface area contributed by atoms with E-state index >= 15 is 0 Å². The number of ether oxygens (including phenoxy) is 1. The van der Waals surface area contributed by atoms with Gasteiger partial charge in [-0.05, 0) is 45.0 Å². The number of benzene rings is 1. The summed E-state index contributed by atoms with van der Waals surface area (Å²) in [7, 11) is 0. The summed E-state index contributed by atoms with van der Waals surface area (Å²) in [4.78, 5) is 0. The maximum absolute atomic E-state index is 5.87. The van der Waals surface area contributed by atoms with Crippen molar-refractivity contribution in [2.75, 3.05) is 6.54 Å². The van der Waals surface area contributed by atoms with Gasteiger partial charge in [-0.25, -0.2) is 0 Å². The van der Waals surface area contributed by atoms with Crippen LogP contribution in [-0.4, -0.2) is 12.6 Å². The lowest BCUT2D eigenvalue weighted by Gasteiger charge is -2.20. The Balaban J connectivity index is 2.91. The van der Waals surface area contributed by atoms with Crippen molar-refractivity contribution in [1.82, 2.24) is 5.32 Å². The summed E-state index contributed by atoms with van der Waals surface area (Å²) in [5.41, 5.74) is 1.17. The molecular formula is C15H22BrNO. The molecule has 100 valence electrons. The number of hydrogen-bond donors (Lipinski definition) is 1. The van der Waals surface area contributed by atoms with Gasteiger partial charge in [-0.2, -0.15) is 0 Å². The minimum atomic E-state index is 0.0169. The maximum atomic E-state index is 5.87. The van der Waals surface area contributed by atoms with Crippen LogP contribution in [0.15, 0.2) is 35.3 Å². The molecule has 0 fully saturated rings. The van der Waals surface area contributed by atoms with Gasteiger partial charge in [-0.15, -0.1) is 0 Å². The molecule has 0 radical (unpaired) electrons. The molecule has 1 aromatic rings. The fourth-order valence-electron chi connectivity index (χ4n) is 1.68. The highest BCUT2D eigenvalue weighted by Crippen LogP contribution is 2.29. The van der Waals surface area contributed by atoms with Crippen molar-refractivity contribution in [2.45, 2.75) is 39.3 Å². The molecule has 1 rings (SSSR count). The molecule has 0 aliphatic rings. The molecule has 0 spiro atoms. The average molecular weight is 312 g/mol. The molecule has 3 heteroatoms. The van der Waals surface area contributed by atoms with Gasteiger partial charge < -0.3 is 10.1 Å². The zero-order valence-corrected chi connectivity index (χ0v) is 13.0. The third-order valence-electron chi connectivity index (χ3n) is 2.78. The molecule has 0 aliphatic heterocycles. The molecule has 0 saturated heterocycles. The van der Waals surface area contributed by atoms with Crippen LogP contribution in [0.3, 0.4) is 0 Å². The Kier molecular flexibility index (Phi) is 6.44. The van der Waals surface area contributed by atoms with Crippen LogP contribution in [-0.2, 0) is 0 Å². The number of hydrogen-bond acceptors (Lipinski definition) is 2. The molecule has 0 bridgehead atoms. The molecule has 2 unspecified atom stereocenters. The SMILES string of the molecule is C=CC(C)Oc1ccc(Br)cc1C(C)NCCC. The smallest absolute Gasteiger partial charge is 0.125 e. The van der Waals surface area contributed by atoms with Crippen molar-refractivity contribution in [3.8, 4) is 5.75 Å². The van der Waals surface area contributed by atoms with E-state index in [9.17, 15) is 0 Å². The van der Waals surface area contributed by atoms with Crippen LogP contribution in [0.1, 0.15) is 38.8 Å². The molecule has 0 heterocycles. The summed E-state index contributed by atoms with van der Waals surface area (Å²) >= 11 is 3.51. The molecule has 2 nitrogen and oxygen atoms in total. The van der Waals surface area contributed by atoms with Gasteiger partial charge >= 0.3 is 0 Å². The summed E-state index contributed by atoms with van der Waals surface area (Å²) < 4.78 is 6.94. The predicted molar refractivity (Wildman–Crippen MR) is 81.1 cm³/mol. The summed E-state index contributed by atoms with van der Waals surface area (Å²) in [5.74, 6) is 0.918. The number of halogens is 1. The van der Waals surface area contributed by atoms with Crippen LogP contribution in [0.4, 0.5) is 0 Å². The van der Waals surface area contributed by atoms with Crippen LogP contribution >= 0.6 is 15.9 Å². The van der Waals surface area contributed by atoms with Crippen molar-refractivity contribution in [3.63, 3.8) is 0 Å². The summed E-state index contributed by atoms with van der Waals surface area (Å²) in [5, 5.41) is 3.48. The van der Waals surface area contributed by atoms with Gasteiger partial charge in [0.2, 0.25) is 0 Å². The molecule has 1 N–H and O–H groups in total. The summed E-state index contributed by atoms with van der Waals surface area (Å²) in [6.45, 7) is 11.1. The minimum Gasteiger partial charge on any atom is -0.486 e. The predicted octanol–water partition coefficient (Wildman–Crippen LogP) is 4.46. The van der Waals surface area contributed by atoms with E-state index in [0.29, 0.717) is 0 Å². The van der Waals surface area contributed by atoms with Gasteiger partial charge in [0.15, 0.2) is 0 Å². The Bertz CT molecular complexity index is 392. The molecule has 1 aromatic carbocycles. The Morgan fingerprint density at radius 2 is 2.17 bits per heavy atom. The third-order valence-corrected chi connectivity index (χ3v) is 3.28. The van der Waals surface area contributed by atoms with Crippen LogP contribution in [0.5, 0.6) is 5.75 Å². The van der Waals surface area contributed by atoms with E-state index in [0.717, 1.165) is 23.2 Å². The second-order valence-corrected chi connectivity index (χ2v) is 5.33.